The zero-order chi connectivity index (χ0) is 11.5. The van der Waals surface area contributed by atoms with E-state index in [1.807, 2.05) is 0 Å². The molecule has 0 saturated carbocycles. The highest BCUT2D eigenvalue weighted by atomic mass is 32.2. The summed E-state index contributed by atoms with van der Waals surface area (Å²) in [6.07, 6.45) is 1.28. The molecule has 0 saturated heterocycles. The Kier molecular flexibility index (Phi) is 3.21. The van der Waals surface area contributed by atoms with Crippen LogP contribution < -0.4 is 0 Å². The molecule has 5 nitrogen and oxygen atoms in total. The average molecular weight is 227 g/mol. The lowest BCUT2D eigenvalue weighted by atomic mass is 10.3. The summed E-state index contributed by atoms with van der Waals surface area (Å²) in [5.74, 6) is -0.747. The molecule has 6 heteroatoms. The molecule has 0 N–H and O–H groups in total. The Labute approximate surface area is 87.3 Å². The number of aromatic nitrogens is 1. The third-order valence-corrected chi connectivity index (χ3v) is 2.97. The van der Waals surface area contributed by atoms with E-state index >= 15 is 0 Å². The number of sulfone groups is 1. The highest BCUT2D eigenvalue weighted by Gasteiger charge is 2.21. The number of methoxy groups -OCH3 is 1. The van der Waals surface area contributed by atoms with Crippen LogP contribution >= 0.6 is 0 Å². The van der Waals surface area contributed by atoms with Crippen LogP contribution in [0.1, 0.15) is 10.4 Å². The van der Waals surface area contributed by atoms with E-state index in [1.54, 1.807) is 0 Å². The van der Waals surface area contributed by atoms with Gasteiger partial charge in [-0.05, 0) is 12.1 Å². The van der Waals surface area contributed by atoms with Gasteiger partial charge >= 0.3 is 5.97 Å². The zero-order valence-electron chi connectivity index (χ0n) is 8.00. The molecule has 80 valence electrons. The number of ether oxygens (including phenoxy) is 1. The first-order valence-electron chi connectivity index (χ1n) is 3.94. The molecule has 1 aromatic heterocycles. The zero-order valence-corrected chi connectivity index (χ0v) is 8.82. The SMILES string of the molecule is C=CS(=O)(=O)c1ncccc1C(=O)OC. The smallest absolute Gasteiger partial charge is 0.340 e. The van der Waals surface area contributed by atoms with Gasteiger partial charge in [-0.3, -0.25) is 0 Å². The number of carbonyl (C=O) groups excluding carboxylic acids is 1. The van der Waals surface area contributed by atoms with Crippen molar-refractivity contribution in [1.82, 2.24) is 4.98 Å². The van der Waals surface area contributed by atoms with E-state index in [2.05, 4.69) is 16.3 Å². The van der Waals surface area contributed by atoms with Gasteiger partial charge in [-0.2, -0.15) is 0 Å². The topological polar surface area (TPSA) is 73.3 Å². The van der Waals surface area contributed by atoms with Gasteiger partial charge in [0, 0.05) is 11.6 Å². The molecule has 0 aliphatic rings. The Hall–Kier alpha value is -1.69. The maximum absolute atomic E-state index is 11.5. The van der Waals surface area contributed by atoms with Crippen LogP contribution in [0.3, 0.4) is 0 Å². The lowest BCUT2D eigenvalue weighted by Gasteiger charge is -2.03. The fourth-order valence-corrected chi connectivity index (χ4v) is 1.79. The first-order valence-corrected chi connectivity index (χ1v) is 5.48. The van der Waals surface area contributed by atoms with E-state index in [0.717, 1.165) is 5.41 Å². The first kappa shape index (κ1) is 11.4. The van der Waals surface area contributed by atoms with Crippen LogP contribution in [0.5, 0.6) is 0 Å². The number of esters is 1. The summed E-state index contributed by atoms with van der Waals surface area (Å²) in [4.78, 5) is 14.9. The Morgan fingerprint density at radius 1 is 1.60 bits per heavy atom. The van der Waals surface area contributed by atoms with Crippen molar-refractivity contribution >= 4 is 15.8 Å². The summed E-state index contributed by atoms with van der Waals surface area (Å²) in [6, 6.07) is 2.78. The molecule has 0 aliphatic carbocycles. The molecule has 0 spiro atoms. The summed E-state index contributed by atoms with van der Waals surface area (Å²) >= 11 is 0. The van der Waals surface area contributed by atoms with Crippen LogP contribution in [0, 0.1) is 0 Å². The van der Waals surface area contributed by atoms with Gasteiger partial charge in [-0.15, -0.1) is 0 Å². The minimum atomic E-state index is -3.73. The van der Waals surface area contributed by atoms with Crippen molar-refractivity contribution in [3.63, 3.8) is 0 Å². The van der Waals surface area contributed by atoms with Gasteiger partial charge in [-0.1, -0.05) is 6.58 Å². The van der Waals surface area contributed by atoms with Crippen molar-refractivity contribution < 1.29 is 17.9 Å². The third-order valence-electron chi connectivity index (χ3n) is 1.67. The normalized spacial score (nSPS) is 10.7. The van der Waals surface area contributed by atoms with E-state index in [0.29, 0.717) is 0 Å². The van der Waals surface area contributed by atoms with E-state index in [-0.39, 0.29) is 10.6 Å². The molecule has 1 aromatic rings. The summed E-state index contributed by atoms with van der Waals surface area (Å²) in [7, 11) is -2.57. The van der Waals surface area contributed by atoms with Gasteiger partial charge in [-0.25, -0.2) is 18.2 Å². The molecule has 1 rings (SSSR count). The standard InChI is InChI=1S/C9H9NO4S/c1-3-15(12,13)8-7(9(11)14-2)5-4-6-10-8/h3-6H,1H2,2H3. The summed E-state index contributed by atoms with van der Waals surface area (Å²) in [5.41, 5.74) is -0.0973. The molecule has 0 bridgehead atoms. The summed E-state index contributed by atoms with van der Waals surface area (Å²) in [6.45, 7) is 3.15. The number of carbonyl (C=O) groups is 1. The summed E-state index contributed by atoms with van der Waals surface area (Å²) < 4.78 is 27.3. The number of hydrogen-bond acceptors (Lipinski definition) is 5. The Morgan fingerprint density at radius 2 is 2.27 bits per heavy atom. The minimum Gasteiger partial charge on any atom is -0.465 e. The number of rotatable bonds is 3. The highest BCUT2D eigenvalue weighted by molar-refractivity contribution is 7.94. The Morgan fingerprint density at radius 3 is 2.80 bits per heavy atom. The number of nitrogens with zero attached hydrogens (tertiary/aromatic N) is 1. The maximum atomic E-state index is 11.5. The monoisotopic (exact) mass is 227 g/mol. The molecule has 0 amide bonds. The molecule has 0 radical (unpaired) electrons. The second kappa shape index (κ2) is 4.22. The molecule has 0 fully saturated rings. The van der Waals surface area contributed by atoms with Gasteiger partial charge in [0.1, 0.15) is 0 Å². The molecule has 0 aromatic carbocycles. The fourth-order valence-electron chi connectivity index (χ4n) is 0.962. The van der Waals surface area contributed by atoms with Crippen LogP contribution in [0.4, 0.5) is 0 Å². The van der Waals surface area contributed by atoms with Crippen LogP contribution in [0.2, 0.25) is 0 Å². The van der Waals surface area contributed by atoms with Crippen LogP contribution in [0.15, 0.2) is 35.3 Å². The highest BCUT2D eigenvalue weighted by Crippen LogP contribution is 2.15. The molecule has 15 heavy (non-hydrogen) atoms. The Bertz CT molecular complexity index is 493. The molecular weight excluding hydrogens is 218 g/mol. The summed E-state index contributed by atoms with van der Waals surface area (Å²) in [5, 5.41) is 0.397. The van der Waals surface area contributed by atoms with E-state index in [4.69, 9.17) is 0 Å². The van der Waals surface area contributed by atoms with Gasteiger partial charge < -0.3 is 4.74 Å². The quantitative estimate of drug-likeness (QED) is 0.713. The van der Waals surface area contributed by atoms with Crippen LogP contribution in [0.25, 0.3) is 0 Å². The van der Waals surface area contributed by atoms with E-state index < -0.39 is 15.8 Å². The predicted molar refractivity (Wildman–Crippen MR) is 53.0 cm³/mol. The molecule has 0 aliphatic heterocycles. The first-order chi connectivity index (χ1) is 7.03. The number of hydrogen-bond donors (Lipinski definition) is 0. The lowest BCUT2D eigenvalue weighted by Crippen LogP contribution is -2.10. The van der Waals surface area contributed by atoms with Crippen LogP contribution in [-0.4, -0.2) is 26.5 Å². The molecular formula is C9H9NO4S. The van der Waals surface area contributed by atoms with Gasteiger partial charge in [0.15, 0.2) is 5.03 Å². The largest absolute Gasteiger partial charge is 0.465 e. The van der Waals surface area contributed by atoms with Crippen molar-refractivity contribution in [2.45, 2.75) is 5.03 Å². The predicted octanol–water partition coefficient (Wildman–Crippen LogP) is 0.785. The van der Waals surface area contributed by atoms with Gasteiger partial charge in [0.2, 0.25) is 9.84 Å². The maximum Gasteiger partial charge on any atom is 0.340 e. The van der Waals surface area contributed by atoms with Crippen LogP contribution in [-0.2, 0) is 14.6 Å². The molecule has 0 unspecified atom stereocenters. The average Bonchev–Trinajstić information content (AvgIpc) is 2.28. The van der Waals surface area contributed by atoms with Crippen molar-refractivity contribution in [3.8, 4) is 0 Å². The second-order valence-electron chi connectivity index (χ2n) is 2.56. The van der Waals surface area contributed by atoms with Gasteiger partial charge in [0.05, 0.1) is 12.7 Å². The van der Waals surface area contributed by atoms with E-state index in [9.17, 15) is 13.2 Å². The Balaban J connectivity index is 3.43. The number of pyridine rings is 1. The lowest BCUT2D eigenvalue weighted by molar-refractivity contribution is 0.0595. The van der Waals surface area contributed by atoms with Crippen molar-refractivity contribution in [1.29, 1.82) is 0 Å². The minimum absolute atomic E-state index is 0.0973. The van der Waals surface area contributed by atoms with E-state index in [1.165, 1.54) is 25.4 Å². The molecule has 1 heterocycles. The van der Waals surface area contributed by atoms with Crippen molar-refractivity contribution in [2.75, 3.05) is 7.11 Å². The van der Waals surface area contributed by atoms with Crippen molar-refractivity contribution in [3.05, 3.63) is 35.9 Å². The molecule has 0 atom stereocenters. The van der Waals surface area contributed by atoms with Gasteiger partial charge in [0.25, 0.3) is 0 Å². The fraction of sp³-hybridized carbons (Fsp3) is 0.111. The van der Waals surface area contributed by atoms with Crippen molar-refractivity contribution in [2.24, 2.45) is 0 Å². The second-order valence-corrected chi connectivity index (χ2v) is 4.37. The third kappa shape index (κ3) is 2.21.